The summed E-state index contributed by atoms with van der Waals surface area (Å²) in [5, 5.41) is 10.4. The maximum atomic E-state index is 13.9. The molecule has 2 aliphatic heterocycles. The molecular formula is C35H50N2O7S. The summed E-state index contributed by atoms with van der Waals surface area (Å²) >= 11 is 1.32. The molecule has 1 N–H and O–H groups in total. The van der Waals surface area contributed by atoms with Crippen molar-refractivity contribution in [2.24, 2.45) is 0 Å². The van der Waals surface area contributed by atoms with Crippen molar-refractivity contribution in [3.05, 3.63) is 47.0 Å². The van der Waals surface area contributed by atoms with Crippen LogP contribution in [0.3, 0.4) is 0 Å². The van der Waals surface area contributed by atoms with E-state index in [0.717, 1.165) is 34.7 Å². The number of rotatable bonds is 11. The van der Waals surface area contributed by atoms with Crippen molar-refractivity contribution in [1.29, 1.82) is 0 Å². The second-order valence-corrected chi connectivity index (χ2v) is 15.9. The van der Waals surface area contributed by atoms with E-state index in [4.69, 9.17) is 18.9 Å². The summed E-state index contributed by atoms with van der Waals surface area (Å²) in [7, 11) is 2.02. The van der Waals surface area contributed by atoms with Crippen LogP contribution in [0.2, 0.25) is 0 Å². The van der Waals surface area contributed by atoms with E-state index in [1.54, 1.807) is 13.8 Å². The predicted octanol–water partition coefficient (Wildman–Crippen LogP) is 6.19. The van der Waals surface area contributed by atoms with Crippen LogP contribution >= 0.6 is 11.8 Å². The molecule has 248 valence electrons. The van der Waals surface area contributed by atoms with E-state index < -0.39 is 16.1 Å². The number of phenols is 1. The van der Waals surface area contributed by atoms with Gasteiger partial charge in [-0.3, -0.25) is 9.59 Å². The third kappa shape index (κ3) is 7.83. The van der Waals surface area contributed by atoms with E-state index in [0.29, 0.717) is 31.9 Å². The van der Waals surface area contributed by atoms with Gasteiger partial charge in [0, 0.05) is 19.2 Å². The lowest BCUT2D eigenvalue weighted by Gasteiger charge is -2.37. The largest absolute Gasteiger partial charge is 0.507 e. The third-order valence-electron chi connectivity index (χ3n) is 8.19. The molecule has 2 aromatic carbocycles. The molecule has 9 nitrogen and oxygen atoms in total. The summed E-state index contributed by atoms with van der Waals surface area (Å²) in [5.74, 6) is 1.65. The standard InChI is InChI=1S/C35H50N2O7S/c1-22(2)44-32(40)30-31(39)37(15-11-14-36(10)16-17-41-24-12-13-27-28(20-24)43-21-42-27)35(9,45-30)23-18-25(33(3,4)5)29(38)26(19-23)34(6,7)8/h12-13,18-20,22,30,38H,11,14-17,21H2,1-10H3. The molecule has 45 heavy (non-hydrogen) atoms. The average molecular weight is 643 g/mol. The fourth-order valence-corrected chi connectivity index (χ4v) is 7.03. The minimum absolute atomic E-state index is 0.223. The smallest absolute Gasteiger partial charge is 0.329 e. The lowest BCUT2D eigenvalue weighted by Crippen LogP contribution is -2.43. The highest BCUT2D eigenvalue weighted by atomic mass is 32.2. The number of benzene rings is 2. The molecule has 1 saturated heterocycles. The Kier molecular flexibility index (Phi) is 10.3. The number of carbonyl (C=O) groups is 2. The van der Waals surface area contributed by atoms with Gasteiger partial charge in [-0.25, -0.2) is 0 Å². The van der Waals surface area contributed by atoms with Gasteiger partial charge in [-0.1, -0.05) is 41.5 Å². The van der Waals surface area contributed by atoms with Gasteiger partial charge < -0.3 is 33.9 Å². The first-order valence-corrected chi connectivity index (χ1v) is 16.6. The van der Waals surface area contributed by atoms with Crippen LogP contribution in [0.15, 0.2) is 30.3 Å². The molecule has 0 bridgehead atoms. The first kappa shape index (κ1) is 34.8. The number of fused-ring (bicyclic) bond motifs is 1. The number of nitrogens with zero attached hydrogens (tertiary/aromatic N) is 2. The van der Waals surface area contributed by atoms with Crippen molar-refractivity contribution in [3.8, 4) is 23.0 Å². The molecule has 2 aromatic rings. The first-order chi connectivity index (χ1) is 20.9. The second-order valence-electron chi connectivity index (χ2n) is 14.4. The Hall–Kier alpha value is -3.11. The highest BCUT2D eigenvalue weighted by Crippen LogP contribution is 2.52. The van der Waals surface area contributed by atoms with Gasteiger partial charge in [-0.2, -0.15) is 0 Å². The Morgan fingerprint density at radius 1 is 1.07 bits per heavy atom. The van der Waals surface area contributed by atoms with Crippen molar-refractivity contribution < 1.29 is 33.6 Å². The van der Waals surface area contributed by atoms with E-state index >= 15 is 0 Å². The number of ether oxygens (including phenoxy) is 4. The number of amides is 1. The Balaban J connectivity index is 1.52. The van der Waals surface area contributed by atoms with Crippen LogP contribution in [0, 0.1) is 0 Å². The van der Waals surface area contributed by atoms with Gasteiger partial charge in [-0.05, 0) is 92.6 Å². The van der Waals surface area contributed by atoms with Crippen LogP contribution < -0.4 is 14.2 Å². The average Bonchev–Trinajstić information content (AvgIpc) is 3.49. The molecule has 2 unspecified atom stereocenters. The Morgan fingerprint density at radius 2 is 1.69 bits per heavy atom. The number of aromatic hydroxyl groups is 1. The number of thioether (sulfide) groups is 1. The molecule has 2 atom stereocenters. The van der Waals surface area contributed by atoms with Crippen molar-refractivity contribution >= 4 is 23.6 Å². The second kappa shape index (κ2) is 13.3. The molecule has 10 heteroatoms. The maximum absolute atomic E-state index is 13.9. The molecule has 2 aliphatic rings. The Labute approximate surface area is 272 Å². The zero-order valence-electron chi connectivity index (χ0n) is 28.5. The molecule has 1 amide bonds. The number of hydrogen-bond acceptors (Lipinski definition) is 9. The Morgan fingerprint density at radius 3 is 2.29 bits per heavy atom. The van der Waals surface area contributed by atoms with Crippen molar-refractivity contribution in [2.75, 3.05) is 40.1 Å². The summed E-state index contributed by atoms with van der Waals surface area (Å²) in [6, 6.07) is 9.56. The molecule has 1 fully saturated rings. The van der Waals surface area contributed by atoms with Crippen LogP contribution in [-0.2, 0) is 30.0 Å². The van der Waals surface area contributed by atoms with Crippen LogP contribution in [0.4, 0.5) is 0 Å². The summed E-state index contributed by atoms with van der Waals surface area (Å²) in [6.07, 6.45) is 0.374. The van der Waals surface area contributed by atoms with Crippen LogP contribution in [0.1, 0.15) is 85.4 Å². The van der Waals surface area contributed by atoms with Gasteiger partial charge in [0.05, 0.1) is 6.10 Å². The fraction of sp³-hybridized carbons (Fsp3) is 0.600. The quantitative estimate of drug-likeness (QED) is 0.228. The van der Waals surface area contributed by atoms with Gasteiger partial charge in [-0.15, -0.1) is 11.8 Å². The topological polar surface area (TPSA) is 97.8 Å². The highest BCUT2D eigenvalue weighted by Gasteiger charge is 2.53. The monoisotopic (exact) mass is 642 g/mol. The van der Waals surface area contributed by atoms with Crippen LogP contribution in [0.5, 0.6) is 23.0 Å². The summed E-state index contributed by atoms with van der Waals surface area (Å²) in [4.78, 5) is 30.2. The van der Waals surface area contributed by atoms with Gasteiger partial charge in [0.1, 0.15) is 23.0 Å². The zero-order chi connectivity index (χ0) is 33.3. The predicted molar refractivity (Wildman–Crippen MR) is 177 cm³/mol. The number of likely N-dealkylation sites (N-methyl/N-ethyl adjacent to an activating group) is 1. The van der Waals surface area contributed by atoms with Gasteiger partial charge in [0.15, 0.2) is 16.7 Å². The number of carbonyl (C=O) groups excluding carboxylic acids is 2. The number of hydrogen-bond donors (Lipinski definition) is 1. The van der Waals surface area contributed by atoms with Gasteiger partial charge in [0.25, 0.3) is 0 Å². The molecule has 0 saturated carbocycles. The normalized spacial score (nSPS) is 20.0. The van der Waals surface area contributed by atoms with E-state index in [2.05, 4.69) is 46.4 Å². The van der Waals surface area contributed by atoms with Crippen LogP contribution in [-0.4, -0.2) is 78.2 Å². The lowest BCUT2D eigenvalue weighted by molar-refractivity contribution is -0.150. The van der Waals surface area contributed by atoms with Gasteiger partial charge in [0.2, 0.25) is 12.7 Å². The van der Waals surface area contributed by atoms with Gasteiger partial charge >= 0.3 is 5.97 Å². The zero-order valence-corrected chi connectivity index (χ0v) is 29.3. The number of esters is 1. The maximum Gasteiger partial charge on any atom is 0.329 e. The molecule has 0 aliphatic carbocycles. The summed E-state index contributed by atoms with van der Waals surface area (Å²) < 4.78 is 22.2. The molecule has 0 aromatic heterocycles. The van der Waals surface area contributed by atoms with E-state index in [1.165, 1.54) is 11.8 Å². The molecular weight excluding hydrogens is 592 g/mol. The number of phenolic OH excluding ortho intramolecular Hbond substituents is 1. The van der Waals surface area contributed by atoms with E-state index in [9.17, 15) is 14.7 Å². The molecule has 4 rings (SSSR count). The highest BCUT2D eigenvalue weighted by molar-refractivity contribution is 8.02. The van der Waals surface area contributed by atoms with Crippen molar-refractivity contribution in [1.82, 2.24) is 9.80 Å². The lowest BCUT2D eigenvalue weighted by atomic mass is 9.77. The fourth-order valence-electron chi connectivity index (χ4n) is 5.63. The molecule has 0 spiro atoms. The molecule has 2 heterocycles. The van der Waals surface area contributed by atoms with Crippen LogP contribution in [0.25, 0.3) is 0 Å². The summed E-state index contributed by atoms with van der Waals surface area (Å²) in [5.41, 5.74) is 1.84. The minimum atomic E-state index is -0.963. The SMILES string of the molecule is CC(C)OC(=O)C1SC(C)(c2cc(C(C)(C)C)c(O)c(C(C)(C)C)c2)N(CCCN(C)CCOc2ccc3c(c2)OCO3)C1=O. The third-order valence-corrected chi connectivity index (χ3v) is 9.73. The van der Waals surface area contributed by atoms with E-state index in [-0.39, 0.29) is 35.4 Å². The minimum Gasteiger partial charge on any atom is -0.507 e. The molecule has 0 radical (unpaired) electrons. The first-order valence-electron chi connectivity index (χ1n) is 15.7. The summed E-state index contributed by atoms with van der Waals surface area (Å²) in [6.45, 7) is 20.6. The van der Waals surface area contributed by atoms with Crippen molar-refractivity contribution in [3.63, 3.8) is 0 Å². The van der Waals surface area contributed by atoms with E-state index in [1.807, 2.05) is 49.2 Å². The van der Waals surface area contributed by atoms with Crippen molar-refractivity contribution in [2.45, 2.75) is 95.8 Å². The Bertz CT molecular complexity index is 1360.